The first-order valence-corrected chi connectivity index (χ1v) is 8.63. The lowest BCUT2D eigenvalue weighted by Crippen LogP contribution is -2.48. The van der Waals surface area contributed by atoms with E-state index in [9.17, 15) is 4.79 Å². The average Bonchev–Trinajstić information content (AvgIpc) is 2.60. The second-order valence-electron chi connectivity index (χ2n) is 6.69. The highest BCUT2D eigenvalue weighted by Gasteiger charge is 2.27. The minimum atomic E-state index is 0.196. The van der Waals surface area contributed by atoms with E-state index in [0.29, 0.717) is 24.9 Å². The summed E-state index contributed by atoms with van der Waals surface area (Å²) in [6.07, 6.45) is 3.24. The molecule has 24 heavy (non-hydrogen) atoms. The molecule has 0 bridgehead atoms. The number of carbonyl (C=O) groups is 1. The summed E-state index contributed by atoms with van der Waals surface area (Å²) < 4.78 is 10.7. The van der Waals surface area contributed by atoms with Gasteiger partial charge < -0.3 is 19.3 Å². The number of likely N-dealkylation sites (tertiary alicyclic amines) is 1. The normalized spacial score (nSPS) is 21.4. The number of piperidine rings is 1. The van der Waals surface area contributed by atoms with Gasteiger partial charge in [-0.25, -0.2) is 0 Å². The molecule has 0 N–H and O–H groups in total. The fraction of sp³-hybridized carbons (Fsp3) is 0.632. The van der Waals surface area contributed by atoms with E-state index >= 15 is 0 Å². The fourth-order valence-electron chi connectivity index (χ4n) is 3.32. The van der Waals surface area contributed by atoms with E-state index in [0.717, 1.165) is 36.4 Å². The molecule has 2 rings (SSSR count). The Morgan fingerprint density at radius 2 is 2.08 bits per heavy atom. The van der Waals surface area contributed by atoms with Crippen molar-refractivity contribution in [1.29, 1.82) is 0 Å². The molecule has 1 aromatic rings. The average molecular weight is 334 g/mol. The zero-order valence-corrected chi connectivity index (χ0v) is 15.5. The molecule has 5 nitrogen and oxygen atoms in total. The lowest BCUT2D eigenvalue weighted by atomic mass is 9.97. The standard InChI is InChI=1S/C19H30N2O3/c1-14-12-16(10-11-20(14)2)21(3)19(22)9-6-15-13-17(23-4)7-8-18(15)24-5/h7-8,13-14,16H,6,9-12H2,1-5H3. The zero-order valence-electron chi connectivity index (χ0n) is 15.5. The molecule has 0 saturated carbocycles. The molecule has 0 aromatic heterocycles. The second-order valence-corrected chi connectivity index (χ2v) is 6.69. The minimum absolute atomic E-state index is 0.196. The largest absolute Gasteiger partial charge is 0.497 e. The van der Waals surface area contributed by atoms with Crippen LogP contribution >= 0.6 is 0 Å². The molecule has 5 heteroatoms. The molecule has 0 spiro atoms. The topological polar surface area (TPSA) is 42.0 Å². The predicted molar refractivity (Wildman–Crippen MR) is 95.8 cm³/mol. The molecule has 2 unspecified atom stereocenters. The van der Waals surface area contributed by atoms with E-state index in [2.05, 4.69) is 18.9 Å². The number of rotatable bonds is 6. The van der Waals surface area contributed by atoms with Crippen LogP contribution < -0.4 is 9.47 Å². The van der Waals surface area contributed by atoms with E-state index in [1.54, 1.807) is 14.2 Å². The van der Waals surface area contributed by atoms with Crippen molar-refractivity contribution in [2.45, 2.75) is 44.7 Å². The van der Waals surface area contributed by atoms with E-state index in [1.807, 2.05) is 30.1 Å². The summed E-state index contributed by atoms with van der Waals surface area (Å²) in [6.45, 7) is 3.28. The third-order valence-corrected chi connectivity index (χ3v) is 5.22. The first kappa shape index (κ1) is 18.6. The van der Waals surface area contributed by atoms with Gasteiger partial charge in [-0.05, 0) is 57.0 Å². The molecular formula is C19H30N2O3. The van der Waals surface area contributed by atoms with Crippen molar-refractivity contribution in [3.05, 3.63) is 23.8 Å². The number of aryl methyl sites for hydroxylation is 1. The summed E-state index contributed by atoms with van der Waals surface area (Å²) in [4.78, 5) is 16.9. The Hall–Kier alpha value is -1.75. The van der Waals surface area contributed by atoms with Crippen molar-refractivity contribution >= 4 is 5.91 Å². The highest BCUT2D eigenvalue weighted by Crippen LogP contribution is 2.26. The number of nitrogens with zero attached hydrogens (tertiary/aromatic N) is 2. The van der Waals surface area contributed by atoms with Crippen LogP contribution in [0, 0.1) is 0 Å². The van der Waals surface area contributed by atoms with Crippen LogP contribution in [-0.4, -0.2) is 62.7 Å². The maximum Gasteiger partial charge on any atom is 0.222 e. The van der Waals surface area contributed by atoms with Crippen LogP contribution in [0.2, 0.25) is 0 Å². The quantitative estimate of drug-likeness (QED) is 0.802. The van der Waals surface area contributed by atoms with Gasteiger partial charge in [0.05, 0.1) is 14.2 Å². The molecule has 1 aliphatic rings. The van der Waals surface area contributed by atoms with Gasteiger partial charge >= 0.3 is 0 Å². The molecule has 1 fully saturated rings. The highest BCUT2D eigenvalue weighted by molar-refractivity contribution is 5.76. The molecule has 1 heterocycles. The predicted octanol–water partition coefficient (Wildman–Crippen LogP) is 2.58. The summed E-state index contributed by atoms with van der Waals surface area (Å²) in [5.41, 5.74) is 1.01. The lowest BCUT2D eigenvalue weighted by molar-refractivity contribution is -0.133. The molecule has 1 saturated heterocycles. The Kier molecular flexibility index (Phi) is 6.49. The SMILES string of the molecule is COc1ccc(OC)c(CCC(=O)N(C)C2CCN(C)C(C)C2)c1. The van der Waals surface area contributed by atoms with Crippen LogP contribution in [0.15, 0.2) is 18.2 Å². The summed E-state index contributed by atoms with van der Waals surface area (Å²) in [5.74, 6) is 1.79. The van der Waals surface area contributed by atoms with Crippen LogP contribution in [0.5, 0.6) is 11.5 Å². The van der Waals surface area contributed by atoms with E-state index in [4.69, 9.17) is 9.47 Å². The lowest BCUT2D eigenvalue weighted by Gasteiger charge is -2.39. The van der Waals surface area contributed by atoms with E-state index in [-0.39, 0.29) is 5.91 Å². The number of benzene rings is 1. The van der Waals surface area contributed by atoms with Crippen molar-refractivity contribution in [3.8, 4) is 11.5 Å². The van der Waals surface area contributed by atoms with Crippen LogP contribution in [0.25, 0.3) is 0 Å². The third kappa shape index (κ3) is 4.41. The summed E-state index contributed by atoms with van der Waals surface area (Å²) in [5, 5.41) is 0. The van der Waals surface area contributed by atoms with Gasteiger partial charge in [0.1, 0.15) is 11.5 Å². The van der Waals surface area contributed by atoms with Gasteiger partial charge in [-0.15, -0.1) is 0 Å². The summed E-state index contributed by atoms with van der Waals surface area (Å²) >= 11 is 0. The van der Waals surface area contributed by atoms with Crippen molar-refractivity contribution in [3.63, 3.8) is 0 Å². The summed E-state index contributed by atoms with van der Waals surface area (Å²) in [6, 6.07) is 6.58. The molecule has 0 radical (unpaired) electrons. The smallest absolute Gasteiger partial charge is 0.222 e. The van der Waals surface area contributed by atoms with Crippen molar-refractivity contribution in [2.24, 2.45) is 0 Å². The van der Waals surface area contributed by atoms with Gasteiger partial charge in [0.25, 0.3) is 0 Å². The number of methoxy groups -OCH3 is 2. The number of carbonyl (C=O) groups excluding carboxylic acids is 1. The Bertz CT molecular complexity index is 562. The monoisotopic (exact) mass is 334 g/mol. The Morgan fingerprint density at radius 1 is 1.33 bits per heavy atom. The van der Waals surface area contributed by atoms with Gasteiger partial charge in [-0.1, -0.05) is 0 Å². The van der Waals surface area contributed by atoms with Crippen LogP contribution in [0.4, 0.5) is 0 Å². The minimum Gasteiger partial charge on any atom is -0.497 e. The number of amides is 1. The third-order valence-electron chi connectivity index (χ3n) is 5.22. The van der Waals surface area contributed by atoms with Crippen LogP contribution in [-0.2, 0) is 11.2 Å². The Balaban J connectivity index is 1.95. The van der Waals surface area contributed by atoms with Crippen molar-refractivity contribution in [2.75, 3.05) is 34.9 Å². The molecule has 1 aromatic carbocycles. The molecule has 1 amide bonds. The van der Waals surface area contributed by atoms with E-state index < -0.39 is 0 Å². The van der Waals surface area contributed by atoms with Gasteiger partial charge in [0.2, 0.25) is 5.91 Å². The molecular weight excluding hydrogens is 304 g/mol. The zero-order chi connectivity index (χ0) is 17.7. The summed E-state index contributed by atoms with van der Waals surface area (Å²) in [7, 11) is 7.39. The first-order chi connectivity index (χ1) is 11.5. The van der Waals surface area contributed by atoms with Gasteiger partial charge in [-0.3, -0.25) is 4.79 Å². The highest BCUT2D eigenvalue weighted by atomic mass is 16.5. The maximum absolute atomic E-state index is 12.6. The second kappa shape index (κ2) is 8.38. The number of hydrogen-bond acceptors (Lipinski definition) is 4. The van der Waals surface area contributed by atoms with Gasteiger partial charge in [0, 0.05) is 32.1 Å². The first-order valence-electron chi connectivity index (χ1n) is 8.63. The molecule has 0 aliphatic carbocycles. The Morgan fingerprint density at radius 3 is 2.71 bits per heavy atom. The van der Waals surface area contributed by atoms with E-state index in [1.165, 1.54) is 0 Å². The van der Waals surface area contributed by atoms with Crippen molar-refractivity contribution in [1.82, 2.24) is 9.80 Å². The fourth-order valence-corrected chi connectivity index (χ4v) is 3.32. The molecule has 1 aliphatic heterocycles. The molecule has 134 valence electrons. The maximum atomic E-state index is 12.6. The number of ether oxygens (including phenoxy) is 2. The Labute approximate surface area is 145 Å². The van der Waals surface area contributed by atoms with Crippen molar-refractivity contribution < 1.29 is 14.3 Å². The van der Waals surface area contributed by atoms with Gasteiger partial charge in [0.15, 0.2) is 0 Å². The molecule has 2 atom stereocenters. The van der Waals surface area contributed by atoms with Crippen LogP contribution in [0.1, 0.15) is 31.7 Å². The number of hydrogen-bond donors (Lipinski definition) is 0. The van der Waals surface area contributed by atoms with Crippen LogP contribution in [0.3, 0.4) is 0 Å². The van der Waals surface area contributed by atoms with Gasteiger partial charge in [-0.2, -0.15) is 0 Å².